The van der Waals surface area contributed by atoms with Crippen LogP contribution in [-0.2, 0) is 19.4 Å². The highest BCUT2D eigenvalue weighted by Gasteiger charge is 2.25. The number of hydrogen-bond acceptors (Lipinski definition) is 4. The molecule has 2 aromatic heterocycles. The number of nitrogens with zero attached hydrogens (tertiary/aromatic N) is 1. The second-order valence-corrected chi connectivity index (χ2v) is 8.91. The van der Waals surface area contributed by atoms with Crippen LogP contribution in [0.25, 0.3) is 21.3 Å². The lowest BCUT2D eigenvalue weighted by Crippen LogP contribution is -2.37. The number of Topliss-reactive ketones (excluding diaryl/α,β-unsaturated/α-hetero) is 1. The molecule has 0 unspecified atom stereocenters. The third-order valence-corrected chi connectivity index (χ3v) is 7.11. The fraction of sp³-hybridized carbons (Fsp3) is 0.208. The molecule has 0 spiro atoms. The lowest BCUT2D eigenvalue weighted by Gasteiger charge is -2.16. The number of rotatable bonds is 3. The van der Waals surface area contributed by atoms with Gasteiger partial charge in [-0.3, -0.25) is 19.1 Å². The molecule has 2 aromatic carbocycles. The molecule has 0 saturated heterocycles. The summed E-state index contributed by atoms with van der Waals surface area (Å²) in [6.45, 7) is 3.63. The molecule has 150 valence electrons. The number of H-pyrrole nitrogens is 1. The molecule has 5 rings (SSSR count). The zero-order valence-corrected chi connectivity index (χ0v) is 17.6. The van der Waals surface area contributed by atoms with Gasteiger partial charge in [0, 0.05) is 16.0 Å². The van der Waals surface area contributed by atoms with Gasteiger partial charge in [0.1, 0.15) is 4.83 Å². The highest BCUT2D eigenvalue weighted by atomic mass is 32.1. The van der Waals surface area contributed by atoms with Crippen LogP contribution >= 0.6 is 11.3 Å². The van der Waals surface area contributed by atoms with Crippen LogP contribution in [-0.4, -0.2) is 15.3 Å². The molecule has 0 amide bonds. The van der Waals surface area contributed by atoms with Crippen LogP contribution in [0.4, 0.5) is 0 Å². The first-order valence-corrected chi connectivity index (χ1v) is 10.7. The van der Waals surface area contributed by atoms with Gasteiger partial charge in [-0.2, -0.15) is 0 Å². The van der Waals surface area contributed by atoms with E-state index in [1.54, 1.807) is 12.1 Å². The number of carbonyl (C=O) groups excluding carboxylic acids is 1. The SMILES string of the molecule is Cc1ccc(C(=O)Cn2c(=O)[nH]c3sc4c(c3c2=O)-c2ccccc2CC4)cc1C. The first kappa shape index (κ1) is 18.8. The quantitative estimate of drug-likeness (QED) is 0.513. The molecule has 0 atom stereocenters. The summed E-state index contributed by atoms with van der Waals surface area (Å²) < 4.78 is 1.03. The fourth-order valence-electron chi connectivity index (χ4n) is 4.15. The standard InChI is InChI=1S/C24H20N2O3S/c1-13-7-8-16(11-14(13)2)18(27)12-26-23(28)21-20-17-6-4-3-5-15(17)9-10-19(20)30-22(21)25-24(26)29/h3-8,11H,9-10,12H2,1-2H3,(H,25,29). The molecule has 1 aliphatic carbocycles. The summed E-state index contributed by atoms with van der Waals surface area (Å²) in [5.74, 6) is -0.255. The van der Waals surface area contributed by atoms with Crippen LogP contribution < -0.4 is 11.2 Å². The molecule has 30 heavy (non-hydrogen) atoms. The molecule has 0 fully saturated rings. The number of aryl methyl sites for hydroxylation is 4. The summed E-state index contributed by atoms with van der Waals surface area (Å²) in [7, 11) is 0. The van der Waals surface area contributed by atoms with Gasteiger partial charge in [-0.15, -0.1) is 11.3 Å². The average Bonchev–Trinajstić information content (AvgIpc) is 3.11. The zero-order chi connectivity index (χ0) is 21.0. The molecule has 2 heterocycles. The Kier molecular flexibility index (Phi) is 4.33. The van der Waals surface area contributed by atoms with Gasteiger partial charge in [-0.05, 0) is 55.0 Å². The van der Waals surface area contributed by atoms with Gasteiger partial charge in [0.15, 0.2) is 5.78 Å². The van der Waals surface area contributed by atoms with Crippen molar-refractivity contribution in [2.24, 2.45) is 0 Å². The van der Waals surface area contributed by atoms with Crippen molar-refractivity contribution in [3.8, 4) is 11.1 Å². The number of aromatic nitrogens is 2. The Hall–Kier alpha value is -3.25. The summed E-state index contributed by atoms with van der Waals surface area (Å²) in [5.41, 5.74) is 4.80. The summed E-state index contributed by atoms with van der Waals surface area (Å²) >= 11 is 1.47. The van der Waals surface area contributed by atoms with E-state index < -0.39 is 11.2 Å². The van der Waals surface area contributed by atoms with Crippen molar-refractivity contribution in [3.63, 3.8) is 0 Å². The maximum atomic E-state index is 13.4. The predicted octanol–water partition coefficient (Wildman–Crippen LogP) is 4.02. The van der Waals surface area contributed by atoms with E-state index in [0.717, 1.165) is 44.5 Å². The first-order chi connectivity index (χ1) is 14.4. The second-order valence-electron chi connectivity index (χ2n) is 7.81. The molecular weight excluding hydrogens is 396 g/mol. The Balaban J connectivity index is 1.66. The topological polar surface area (TPSA) is 71.9 Å². The summed E-state index contributed by atoms with van der Waals surface area (Å²) in [5, 5.41) is 0.509. The first-order valence-electron chi connectivity index (χ1n) is 9.91. The molecule has 6 heteroatoms. The van der Waals surface area contributed by atoms with Crippen molar-refractivity contribution in [2.45, 2.75) is 33.2 Å². The maximum absolute atomic E-state index is 13.4. The van der Waals surface area contributed by atoms with Crippen molar-refractivity contribution in [2.75, 3.05) is 0 Å². The zero-order valence-electron chi connectivity index (χ0n) is 16.7. The van der Waals surface area contributed by atoms with E-state index in [-0.39, 0.29) is 12.3 Å². The van der Waals surface area contributed by atoms with Crippen LogP contribution in [0.3, 0.4) is 0 Å². The van der Waals surface area contributed by atoms with Gasteiger partial charge in [-0.25, -0.2) is 4.79 Å². The Morgan fingerprint density at radius 1 is 1.07 bits per heavy atom. The van der Waals surface area contributed by atoms with Crippen molar-refractivity contribution < 1.29 is 4.79 Å². The Bertz CT molecular complexity index is 1460. The number of fused-ring (bicyclic) bond motifs is 5. The van der Waals surface area contributed by atoms with E-state index in [1.807, 2.05) is 38.1 Å². The predicted molar refractivity (Wildman–Crippen MR) is 120 cm³/mol. The van der Waals surface area contributed by atoms with Gasteiger partial charge in [0.25, 0.3) is 5.56 Å². The summed E-state index contributed by atoms with van der Waals surface area (Å²) in [6, 6.07) is 13.5. The molecule has 1 aliphatic rings. The minimum absolute atomic E-state index is 0.255. The van der Waals surface area contributed by atoms with E-state index >= 15 is 0 Å². The van der Waals surface area contributed by atoms with Crippen molar-refractivity contribution in [1.82, 2.24) is 9.55 Å². The van der Waals surface area contributed by atoms with Crippen LogP contribution in [0.2, 0.25) is 0 Å². The van der Waals surface area contributed by atoms with Crippen LogP contribution in [0, 0.1) is 13.8 Å². The van der Waals surface area contributed by atoms with Gasteiger partial charge >= 0.3 is 5.69 Å². The maximum Gasteiger partial charge on any atom is 0.329 e. The Labute approximate surface area is 176 Å². The molecule has 4 aromatic rings. The smallest absolute Gasteiger partial charge is 0.298 e. The Morgan fingerprint density at radius 3 is 2.67 bits per heavy atom. The van der Waals surface area contributed by atoms with Crippen molar-refractivity contribution in [3.05, 3.63) is 90.4 Å². The average molecular weight is 417 g/mol. The fourth-order valence-corrected chi connectivity index (χ4v) is 5.34. The number of aromatic amines is 1. The minimum atomic E-state index is -0.545. The highest BCUT2D eigenvalue weighted by molar-refractivity contribution is 7.19. The number of nitrogens with one attached hydrogen (secondary N) is 1. The normalized spacial score (nSPS) is 12.6. The monoisotopic (exact) mass is 416 g/mol. The third kappa shape index (κ3) is 2.87. The third-order valence-electron chi connectivity index (χ3n) is 5.94. The molecular formula is C24H20N2O3S. The largest absolute Gasteiger partial charge is 0.329 e. The van der Waals surface area contributed by atoms with Crippen molar-refractivity contribution >= 4 is 27.3 Å². The van der Waals surface area contributed by atoms with Gasteiger partial charge in [-0.1, -0.05) is 36.4 Å². The summed E-state index contributed by atoms with van der Waals surface area (Å²) in [6.07, 6.45) is 1.76. The van der Waals surface area contributed by atoms with Gasteiger partial charge in [0.2, 0.25) is 0 Å². The van der Waals surface area contributed by atoms with E-state index in [4.69, 9.17) is 0 Å². The molecule has 0 radical (unpaired) electrons. The number of thiophene rings is 1. The lowest BCUT2D eigenvalue weighted by molar-refractivity contribution is 0.0969. The van der Waals surface area contributed by atoms with E-state index in [1.165, 1.54) is 16.9 Å². The number of carbonyl (C=O) groups is 1. The second kappa shape index (κ2) is 6.92. The molecule has 0 bridgehead atoms. The lowest BCUT2D eigenvalue weighted by atomic mass is 9.89. The minimum Gasteiger partial charge on any atom is -0.298 e. The summed E-state index contributed by atoms with van der Waals surface area (Å²) in [4.78, 5) is 43.4. The van der Waals surface area contributed by atoms with E-state index in [2.05, 4.69) is 11.1 Å². The highest BCUT2D eigenvalue weighted by Crippen LogP contribution is 2.41. The Morgan fingerprint density at radius 2 is 1.87 bits per heavy atom. The molecule has 5 nitrogen and oxygen atoms in total. The molecule has 1 N–H and O–H groups in total. The van der Waals surface area contributed by atoms with Crippen molar-refractivity contribution in [1.29, 1.82) is 0 Å². The van der Waals surface area contributed by atoms with Crippen LogP contribution in [0.5, 0.6) is 0 Å². The van der Waals surface area contributed by atoms with E-state index in [0.29, 0.717) is 15.8 Å². The van der Waals surface area contributed by atoms with Gasteiger partial charge < -0.3 is 0 Å². The molecule has 0 saturated carbocycles. The number of hydrogen-bond donors (Lipinski definition) is 1. The number of ketones is 1. The van der Waals surface area contributed by atoms with Crippen LogP contribution in [0.1, 0.15) is 31.9 Å². The van der Waals surface area contributed by atoms with E-state index in [9.17, 15) is 14.4 Å². The van der Waals surface area contributed by atoms with Gasteiger partial charge in [0.05, 0.1) is 11.9 Å². The number of benzene rings is 2. The van der Waals surface area contributed by atoms with Crippen LogP contribution in [0.15, 0.2) is 52.1 Å². The molecule has 0 aliphatic heterocycles.